The van der Waals surface area contributed by atoms with Crippen LogP contribution >= 0.6 is 11.8 Å². The van der Waals surface area contributed by atoms with E-state index in [2.05, 4.69) is 35.7 Å². The van der Waals surface area contributed by atoms with Gasteiger partial charge in [-0.3, -0.25) is 4.99 Å². The Morgan fingerprint density at radius 3 is 2.36 bits per heavy atom. The van der Waals surface area contributed by atoms with Crippen LogP contribution in [0.15, 0.2) is 4.99 Å². The van der Waals surface area contributed by atoms with Crippen LogP contribution in [0.2, 0.25) is 0 Å². The van der Waals surface area contributed by atoms with Gasteiger partial charge in [-0.15, -0.1) is 0 Å². The van der Waals surface area contributed by atoms with Gasteiger partial charge in [0.2, 0.25) is 0 Å². The van der Waals surface area contributed by atoms with Crippen LogP contribution in [0.3, 0.4) is 0 Å². The zero-order valence-corrected chi connectivity index (χ0v) is 15.5. The van der Waals surface area contributed by atoms with Crippen LogP contribution in [0, 0.1) is 5.41 Å². The van der Waals surface area contributed by atoms with E-state index in [9.17, 15) is 0 Å². The van der Waals surface area contributed by atoms with Crippen LogP contribution < -0.4 is 10.6 Å². The molecule has 0 bridgehead atoms. The highest BCUT2D eigenvalue weighted by Gasteiger charge is 2.32. The second kappa shape index (κ2) is 7.91. The molecule has 0 aromatic carbocycles. The molecule has 1 heterocycles. The highest BCUT2D eigenvalue weighted by Crippen LogP contribution is 2.35. The van der Waals surface area contributed by atoms with Crippen LogP contribution in [-0.4, -0.2) is 49.8 Å². The van der Waals surface area contributed by atoms with Crippen molar-refractivity contribution in [2.45, 2.75) is 63.2 Å². The lowest BCUT2D eigenvalue weighted by molar-refractivity contribution is 0.0782. The number of hydrogen-bond donors (Lipinski definition) is 2. The monoisotopic (exact) mass is 327 g/mol. The largest absolute Gasteiger partial charge is 0.381 e. The predicted molar refractivity (Wildman–Crippen MR) is 96.8 cm³/mol. The maximum atomic E-state index is 5.51. The number of guanidine groups is 1. The maximum Gasteiger partial charge on any atom is 0.191 e. The molecule has 0 aromatic rings. The van der Waals surface area contributed by atoms with E-state index in [-0.39, 0.29) is 0 Å². The molecule has 22 heavy (non-hydrogen) atoms. The molecule has 1 aliphatic carbocycles. The zero-order chi connectivity index (χ0) is 16.1. The van der Waals surface area contributed by atoms with Crippen LogP contribution in [0.5, 0.6) is 0 Å². The van der Waals surface area contributed by atoms with Crippen molar-refractivity contribution in [2.75, 3.05) is 33.1 Å². The molecule has 0 unspecified atom stereocenters. The van der Waals surface area contributed by atoms with Gasteiger partial charge in [0.05, 0.1) is 0 Å². The number of aliphatic imine (C=N–C) groups is 1. The summed E-state index contributed by atoms with van der Waals surface area (Å²) in [7, 11) is 1.87. The van der Waals surface area contributed by atoms with Crippen molar-refractivity contribution in [1.82, 2.24) is 10.6 Å². The molecule has 0 aromatic heterocycles. The van der Waals surface area contributed by atoms with Crippen molar-refractivity contribution in [3.63, 3.8) is 0 Å². The van der Waals surface area contributed by atoms with Crippen molar-refractivity contribution < 1.29 is 4.74 Å². The quantitative estimate of drug-likeness (QED) is 0.615. The van der Waals surface area contributed by atoms with Gasteiger partial charge < -0.3 is 15.4 Å². The van der Waals surface area contributed by atoms with Gasteiger partial charge >= 0.3 is 0 Å². The summed E-state index contributed by atoms with van der Waals surface area (Å²) < 4.78 is 5.81. The molecule has 2 rings (SSSR count). The molecule has 0 spiro atoms. The minimum Gasteiger partial charge on any atom is -0.381 e. The van der Waals surface area contributed by atoms with Gasteiger partial charge in [0.25, 0.3) is 0 Å². The Hall–Kier alpha value is -0.420. The van der Waals surface area contributed by atoms with Crippen molar-refractivity contribution >= 4 is 17.7 Å². The molecule has 0 atom stereocenters. The number of ether oxygens (including phenoxy) is 1. The number of thioether (sulfide) groups is 1. The Kier molecular flexibility index (Phi) is 6.45. The normalized spacial score (nSPS) is 25.7. The van der Waals surface area contributed by atoms with E-state index in [0.717, 1.165) is 38.6 Å². The van der Waals surface area contributed by atoms with Gasteiger partial charge in [-0.25, -0.2) is 0 Å². The Morgan fingerprint density at radius 1 is 1.18 bits per heavy atom. The van der Waals surface area contributed by atoms with Gasteiger partial charge in [-0.1, -0.05) is 13.8 Å². The smallest absolute Gasteiger partial charge is 0.191 e. The van der Waals surface area contributed by atoms with E-state index in [4.69, 9.17) is 4.74 Å². The molecule has 1 saturated heterocycles. The third kappa shape index (κ3) is 5.05. The van der Waals surface area contributed by atoms with Gasteiger partial charge in [0.15, 0.2) is 5.96 Å². The summed E-state index contributed by atoms with van der Waals surface area (Å²) in [6.45, 7) is 7.49. The van der Waals surface area contributed by atoms with E-state index < -0.39 is 0 Å². The van der Waals surface area contributed by atoms with Crippen molar-refractivity contribution in [1.29, 1.82) is 0 Å². The van der Waals surface area contributed by atoms with Crippen molar-refractivity contribution in [3.8, 4) is 0 Å². The van der Waals surface area contributed by atoms with E-state index in [1.54, 1.807) is 0 Å². The lowest BCUT2D eigenvalue weighted by Crippen LogP contribution is -2.50. The maximum absolute atomic E-state index is 5.51. The first-order valence-electron chi connectivity index (χ1n) is 8.59. The molecule has 0 radical (unpaired) electrons. The van der Waals surface area contributed by atoms with E-state index in [0.29, 0.717) is 16.2 Å². The summed E-state index contributed by atoms with van der Waals surface area (Å²) in [5, 5.41) is 7.18. The van der Waals surface area contributed by atoms with Crippen LogP contribution in [0.1, 0.15) is 52.4 Å². The molecule has 1 saturated carbocycles. The summed E-state index contributed by atoms with van der Waals surface area (Å²) in [6.07, 6.45) is 9.55. The number of hydrogen-bond acceptors (Lipinski definition) is 3. The first-order chi connectivity index (χ1) is 10.5. The van der Waals surface area contributed by atoms with Gasteiger partial charge in [0, 0.05) is 37.6 Å². The van der Waals surface area contributed by atoms with Crippen molar-refractivity contribution in [3.05, 3.63) is 0 Å². The first kappa shape index (κ1) is 17.9. The standard InChI is InChI=1S/C17H33N3OS/c1-16(2)7-5-14(6-8-16)20-15(18-3)19-13-17(22-4)9-11-21-12-10-17/h14H,5-13H2,1-4H3,(H2,18,19,20). The van der Waals surface area contributed by atoms with E-state index in [1.807, 2.05) is 18.8 Å². The van der Waals surface area contributed by atoms with Crippen LogP contribution in [0.25, 0.3) is 0 Å². The number of nitrogens with one attached hydrogen (secondary N) is 2. The summed E-state index contributed by atoms with van der Waals surface area (Å²) in [5.41, 5.74) is 0.514. The Labute approximate surface area is 140 Å². The van der Waals surface area contributed by atoms with Gasteiger partial charge in [0.1, 0.15) is 0 Å². The molecular weight excluding hydrogens is 294 g/mol. The topological polar surface area (TPSA) is 45.7 Å². The van der Waals surface area contributed by atoms with Crippen LogP contribution in [-0.2, 0) is 4.74 Å². The Morgan fingerprint density at radius 2 is 1.82 bits per heavy atom. The molecule has 4 nitrogen and oxygen atoms in total. The number of nitrogens with zero attached hydrogens (tertiary/aromatic N) is 1. The molecule has 2 fully saturated rings. The van der Waals surface area contributed by atoms with Crippen molar-refractivity contribution in [2.24, 2.45) is 10.4 Å². The second-order valence-electron chi connectivity index (χ2n) is 7.51. The lowest BCUT2D eigenvalue weighted by Gasteiger charge is -2.37. The molecule has 2 N–H and O–H groups in total. The summed E-state index contributed by atoms with van der Waals surface area (Å²) in [6, 6.07) is 0.569. The van der Waals surface area contributed by atoms with E-state index >= 15 is 0 Å². The van der Waals surface area contributed by atoms with Crippen LogP contribution in [0.4, 0.5) is 0 Å². The minimum absolute atomic E-state index is 0.296. The average molecular weight is 328 g/mol. The fourth-order valence-corrected chi connectivity index (χ4v) is 4.16. The van der Waals surface area contributed by atoms with Gasteiger partial charge in [-0.2, -0.15) is 11.8 Å². The summed E-state index contributed by atoms with van der Waals surface area (Å²) >= 11 is 1.97. The second-order valence-corrected chi connectivity index (χ2v) is 8.78. The summed E-state index contributed by atoms with van der Waals surface area (Å²) in [4.78, 5) is 4.42. The summed E-state index contributed by atoms with van der Waals surface area (Å²) in [5.74, 6) is 0.963. The predicted octanol–water partition coefficient (Wildman–Crippen LogP) is 3.03. The Balaban J connectivity index is 1.80. The average Bonchev–Trinajstić information content (AvgIpc) is 2.54. The molecular formula is C17H33N3OS. The SMILES string of the molecule is CN=C(NCC1(SC)CCOCC1)NC1CCC(C)(C)CC1. The van der Waals surface area contributed by atoms with Gasteiger partial charge in [-0.05, 0) is 50.2 Å². The number of rotatable bonds is 4. The third-order valence-electron chi connectivity index (χ3n) is 5.32. The molecule has 0 amide bonds. The highest BCUT2D eigenvalue weighted by atomic mass is 32.2. The first-order valence-corrected chi connectivity index (χ1v) is 9.81. The minimum atomic E-state index is 0.296. The third-order valence-corrected chi connectivity index (χ3v) is 6.74. The Bertz CT molecular complexity index is 368. The fraction of sp³-hybridized carbons (Fsp3) is 0.941. The molecule has 5 heteroatoms. The zero-order valence-electron chi connectivity index (χ0n) is 14.7. The highest BCUT2D eigenvalue weighted by molar-refractivity contribution is 8.00. The molecule has 128 valence electrons. The molecule has 1 aliphatic heterocycles. The van der Waals surface area contributed by atoms with E-state index in [1.165, 1.54) is 25.7 Å². The molecule has 2 aliphatic rings. The lowest BCUT2D eigenvalue weighted by atomic mass is 9.75. The fourth-order valence-electron chi connectivity index (χ4n) is 3.37.